The second-order valence-electron chi connectivity index (χ2n) is 2.92. The molecule has 0 saturated heterocycles. The standard InChI is InChI=1S/C10H12O3.C2H6O/c1-13-10-7-8(3-2-6-11)4-5-9(10)12;1-3-2/h2-5,7,11-12H,6H2,1H3;1-2H3/b3-2+;. The molecule has 0 aromatic heterocycles. The molecule has 0 spiro atoms. The fourth-order valence-electron chi connectivity index (χ4n) is 0.987. The van der Waals surface area contributed by atoms with Gasteiger partial charge in [0.2, 0.25) is 0 Å². The summed E-state index contributed by atoms with van der Waals surface area (Å²) in [4.78, 5) is 0. The lowest BCUT2D eigenvalue weighted by Crippen LogP contribution is -1.84. The fourth-order valence-corrected chi connectivity index (χ4v) is 0.987. The Morgan fingerprint density at radius 1 is 1.25 bits per heavy atom. The molecular formula is C12H18O4. The minimum Gasteiger partial charge on any atom is -0.504 e. The van der Waals surface area contributed by atoms with E-state index in [0.29, 0.717) is 5.75 Å². The van der Waals surface area contributed by atoms with E-state index in [1.54, 1.807) is 44.6 Å². The zero-order chi connectivity index (χ0) is 12.4. The molecule has 0 aliphatic rings. The summed E-state index contributed by atoms with van der Waals surface area (Å²) in [7, 11) is 4.74. The first-order valence-corrected chi connectivity index (χ1v) is 4.74. The van der Waals surface area contributed by atoms with Crippen LogP contribution < -0.4 is 4.74 Å². The molecule has 0 radical (unpaired) electrons. The van der Waals surface area contributed by atoms with Gasteiger partial charge in [-0.05, 0) is 17.7 Å². The van der Waals surface area contributed by atoms with Gasteiger partial charge in [0, 0.05) is 14.2 Å². The number of hydrogen-bond acceptors (Lipinski definition) is 4. The SMILES string of the molecule is COC.COc1cc(/C=C/CO)ccc1O. The van der Waals surface area contributed by atoms with E-state index in [1.165, 1.54) is 7.11 Å². The van der Waals surface area contributed by atoms with Gasteiger partial charge in [-0.15, -0.1) is 0 Å². The molecule has 1 aromatic carbocycles. The number of aliphatic hydroxyl groups excluding tert-OH is 1. The van der Waals surface area contributed by atoms with Crippen molar-refractivity contribution in [2.24, 2.45) is 0 Å². The van der Waals surface area contributed by atoms with Gasteiger partial charge in [-0.25, -0.2) is 0 Å². The predicted molar refractivity (Wildman–Crippen MR) is 63.7 cm³/mol. The van der Waals surface area contributed by atoms with E-state index in [0.717, 1.165) is 5.56 Å². The highest BCUT2D eigenvalue weighted by Crippen LogP contribution is 2.26. The summed E-state index contributed by atoms with van der Waals surface area (Å²) in [6, 6.07) is 4.99. The van der Waals surface area contributed by atoms with E-state index in [4.69, 9.17) is 9.84 Å². The molecule has 0 aliphatic carbocycles. The van der Waals surface area contributed by atoms with Crippen molar-refractivity contribution in [3.8, 4) is 11.5 Å². The average molecular weight is 226 g/mol. The summed E-state index contributed by atoms with van der Waals surface area (Å²) in [5.74, 6) is 0.545. The molecule has 0 atom stereocenters. The Balaban J connectivity index is 0.000000673. The van der Waals surface area contributed by atoms with Crippen LogP contribution in [0.3, 0.4) is 0 Å². The van der Waals surface area contributed by atoms with Gasteiger partial charge in [0.05, 0.1) is 13.7 Å². The molecule has 1 rings (SSSR count). The number of rotatable bonds is 3. The molecule has 4 heteroatoms. The largest absolute Gasteiger partial charge is 0.504 e. The van der Waals surface area contributed by atoms with Crippen LogP contribution in [0.1, 0.15) is 5.56 Å². The highest BCUT2D eigenvalue weighted by atomic mass is 16.5. The fraction of sp³-hybridized carbons (Fsp3) is 0.333. The number of aliphatic hydroxyl groups is 1. The zero-order valence-corrected chi connectivity index (χ0v) is 9.80. The van der Waals surface area contributed by atoms with Gasteiger partial charge >= 0.3 is 0 Å². The van der Waals surface area contributed by atoms with E-state index in [-0.39, 0.29) is 12.4 Å². The molecule has 0 saturated carbocycles. The maximum absolute atomic E-state index is 9.26. The Hall–Kier alpha value is -1.52. The van der Waals surface area contributed by atoms with Gasteiger partial charge in [-0.1, -0.05) is 18.2 Å². The van der Waals surface area contributed by atoms with Crippen molar-refractivity contribution in [2.75, 3.05) is 27.9 Å². The topological polar surface area (TPSA) is 58.9 Å². The van der Waals surface area contributed by atoms with Gasteiger partial charge in [0.15, 0.2) is 11.5 Å². The van der Waals surface area contributed by atoms with Crippen molar-refractivity contribution in [2.45, 2.75) is 0 Å². The molecule has 2 N–H and O–H groups in total. The lowest BCUT2D eigenvalue weighted by molar-refractivity contribution is 0.277. The van der Waals surface area contributed by atoms with Crippen molar-refractivity contribution < 1.29 is 19.7 Å². The summed E-state index contributed by atoms with van der Waals surface area (Å²) in [6.45, 7) is 0.00317. The van der Waals surface area contributed by atoms with Crippen molar-refractivity contribution in [3.05, 3.63) is 29.8 Å². The van der Waals surface area contributed by atoms with Gasteiger partial charge in [0.25, 0.3) is 0 Å². The number of hydrogen-bond donors (Lipinski definition) is 2. The molecule has 0 amide bonds. The second kappa shape index (κ2) is 8.76. The van der Waals surface area contributed by atoms with Gasteiger partial charge < -0.3 is 19.7 Å². The van der Waals surface area contributed by atoms with Gasteiger partial charge in [-0.2, -0.15) is 0 Å². The smallest absolute Gasteiger partial charge is 0.161 e. The number of benzene rings is 1. The highest BCUT2D eigenvalue weighted by Gasteiger charge is 1.99. The molecule has 0 unspecified atom stereocenters. The molecule has 0 bridgehead atoms. The van der Waals surface area contributed by atoms with Crippen LogP contribution in [0.2, 0.25) is 0 Å². The predicted octanol–water partition coefficient (Wildman–Crippen LogP) is 1.67. The Morgan fingerprint density at radius 2 is 1.88 bits per heavy atom. The highest BCUT2D eigenvalue weighted by molar-refractivity contribution is 5.55. The first-order chi connectivity index (χ1) is 7.69. The molecular weight excluding hydrogens is 208 g/mol. The van der Waals surface area contributed by atoms with Crippen molar-refractivity contribution in [3.63, 3.8) is 0 Å². The van der Waals surface area contributed by atoms with Gasteiger partial charge in [0.1, 0.15) is 0 Å². The summed E-state index contributed by atoms with van der Waals surface area (Å²) >= 11 is 0. The third kappa shape index (κ3) is 5.38. The number of ether oxygens (including phenoxy) is 2. The summed E-state index contributed by atoms with van der Waals surface area (Å²) in [5.41, 5.74) is 0.878. The minimum atomic E-state index is 0.00317. The normalized spacial score (nSPS) is 9.75. The Morgan fingerprint density at radius 3 is 2.38 bits per heavy atom. The molecule has 1 aromatic rings. The third-order valence-electron chi connectivity index (χ3n) is 1.62. The van der Waals surface area contributed by atoms with Crippen LogP contribution in [-0.2, 0) is 4.74 Å². The third-order valence-corrected chi connectivity index (χ3v) is 1.62. The first kappa shape index (κ1) is 14.5. The lowest BCUT2D eigenvalue weighted by Gasteiger charge is -2.03. The van der Waals surface area contributed by atoms with E-state index in [1.807, 2.05) is 0 Å². The second-order valence-corrected chi connectivity index (χ2v) is 2.92. The number of aromatic hydroxyl groups is 1. The summed E-state index contributed by atoms with van der Waals surface area (Å²) < 4.78 is 9.17. The molecule has 0 heterocycles. The minimum absolute atomic E-state index is 0.00317. The van der Waals surface area contributed by atoms with Crippen LogP contribution in [0.15, 0.2) is 24.3 Å². The number of methoxy groups -OCH3 is 2. The Kier molecular flexibility index (Phi) is 7.93. The van der Waals surface area contributed by atoms with Crippen LogP contribution in [0.25, 0.3) is 6.08 Å². The quantitative estimate of drug-likeness (QED) is 0.823. The maximum atomic E-state index is 9.26. The first-order valence-electron chi connectivity index (χ1n) is 4.74. The van der Waals surface area contributed by atoms with Crippen molar-refractivity contribution in [1.82, 2.24) is 0 Å². The molecule has 0 aliphatic heterocycles. The summed E-state index contributed by atoms with van der Waals surface area (Å²) in [5, 5.41) is 17.8. The number of phenols is 1. The van der Waals surface area contributed by atoms with Crippen LogP contribution in [-0.4, -0.2) is 38.1 Å². The van der Waals surface area contributed by atoms with E-state index < -0.39 is 0 Å². The van der Waals surface area contributed by atoms with E-state index >= 15 is 0 Å². The number of phenolic OH excluding ortho intramolecular Hbond substituents is 1. The summed E-state index contributed by atoms with van der Waals surface area (Å²) in [6.07, 6.45) is 3.37. The molecule has 90 valence electrons. The van der Waals surface area contributed by atoms with E-state index in [2.05, 4.69) is 4.74 Å². The lowest BCUT2D eigenvalue weighted by atomic mass is 10.2. The maximum Gasteiger partial charge on any atom is 0.161 e. The van der Waals surface area contributed by atoms with Crippen LogP contribution >= 0.6 is 0 Å². The van der Waals surface area contributed by atoms with Crippen molar-refractivity contribution in [1.29, 1.82) is 0 Å². The van der Waals surface area contributed by atoms with Gasteiger partial charge in [-0.3, -0.25) is 0 Å². The zero-order valence-electron chi connectivity index (χ0n) is 9.80. The monoisotopic (exact) mass is 226 g/mol. The van der Waals surface area contributed by atoms with Crippen LogP contribution in [0.5, 0.6) is 11.5 Å². The van der Waals surface area contributed by atoms with E-state index in [9.17, 15) is 5.11 Å². The van der Waals surface area contributed by atoms with Crippen LogP contribution in [0, 0.1) is 0 Å². The Labute approximate surface area is 95.8 Å². The Bertz CT molecular complexity index is 321. The average Bonchev–Trinajstić information content (AvgIpc) is 2.29. The molecule has 4 nitrogen and oxygen atoms in total. The molecule has 16 heavy (non-hydrogen) atoms. The van der Waals surface area contributed by atoms with Crippen LogP contribution in [0.4, 0.5) is 0 Å². The molecule has 0 fully saturated rings. The van der Waals surface area contributed by atoms with Crippen molar-refractivity contribution >= 4 is 6.08 Å².